The molecule has 2 aromatic rings. The lowest BCUT2D eigenvalue weighted by atomic mass is 9.74. The number of rotatable bonds is 24. The molecule has 2 aliphatic carbocycles. The number of urea groups is 2. The lowest BCUT2D eigenvalue weighted by Crippen LogP contribution is -2.54. The number of hydrogen-bond donors (Lipinski definition) is 6. The maximum Gasteiger partial charge on any atom is 0.317 e. The van der Waals surface area contributed by atoms with E-state index in [2.05, 4.69) is 26.6 Å². The fourth-order valence-electron chi connectivity index (χ4n) is 11.7. The minimum atomic E-state index is -1.45. The van der Waals surface area contributed by atoms with E-state index in [-0.39, 0.29) is 58.6 Å². The number of methoxy groups -OCH3 is 1. The SMILES string of the molecule is CCC(=O)NCCO[C@@H](c1cccc(Cl)c1)C1CCCN(C(=O)N[C@H](CNC)CC2CCCCC2)C1.CNC[C@H](CC1CCC(F)CC1)NC(=O)N1CCC[C@@H]([C@@](O)(CCCCOC)c2cccc(Cl)c2F)C1. The van der Waals surface area contributed by atoms with Gasteiger partial charge in [0.05, 0.1) is 23.3 Å². The van der Waals surface area contributed by atoms with E-state index in [1.54, 1.807) is 24.1 Å². The van der Waals surface area contributed by atoms with E-state index in [9.17, 15) is 23.9 Å². The van der Waals surface area contributed by atoms with E-state index >= 15 is 4.39 Å². The highest BCUT2D eigenvalue weighted by Gasteiger charge is 2.43. The summed E-state index contributed by atoms with van der Waals surface area (Å²) in [5.41, 5.74) is -0.236. The normalized spacial score (nSPS) is 22.8. The molecule has 2 saturated carbocycles. The number of ether oxygens (including phenoxy) is 2. The van der Waals surface area contributed by atoms with Gasteiger partial charge in [0.15, 0.2) is 0 Å². The Hall–Kier alpha value is -3.31. The molecule has 4 fully saturated rings. The van der Waals surface area contributed by atoms with Crippen LogP contribution in [0.2, 0.25) is 10.0 Å². The Morgan fingerprint density at radius 3 is 2.05 bits per heavy atom. The summed E-state index contributed by atoms with van der Waals surface area (Å²) in [6.07, 6.45) is 15.9. The molecule has 2 aliphatic heterocycles. The van der Waals surface area contributed by atoms with Gasteiger partial charge in [-0.05, 0) is 133 Å². The van der Waals surface area contributed by atoms with Gasteiger partial charge in [0.2, 0.25) is 5.91 Å². The van der Waals surface area contributed by atoms with Gasteiger partial charge < -0.3 is 51.0 Å². The number of likely N-dealkylation sites (tertiary alicyclic amines) is 2. The zero-order valence-corrected chi connectivity index (χ0v) is 45.9. The molecule has 4 aliphatic rings. The summed E-state index contributed by atoms with van der Waals surface area (Å²) in [6, 6.07) is 12.5. The van der Waals surface area contributed by atoms with Gasteiger partial charge in [-0.1, -0.05) is 86.5 Å². The molecule has 2 aromatic carbocycles. The predicted octanol–water partition coefficient (Wildman–Crippen LogP) is 10.3. The highest BCUT2D eigenvalue weighted by Crippen LogP contribution is 2.42. The Morgan fingerprint density at radius 2 is 1.42 bits per heavy atom. The van der Waals surface area contributed by atoms with Crippen LogP contribution < -0.4 is 26.6 Å². The number of amides is 5. The number of nitrogens with zero attached hydrogens (tertiary/aromatic N) is 2. The summed E-state index contributed by atoms with van der Waals surface area (Å²) in [5, 5.41) is 28.4. The molecule has 2 heterocycles. The standard InChI is InChI=1S/C28H44ClF2N3O3.C28H45ClN4O3/c1-32-18-23(17-20-10-12-22(30)13-11-20)33-27(35)34-15-6-7-21(19-34)28(36,14-3-4-16-37-2)24-8-5-9-25(29)26(24)31;1-3-26(34)31-14-16-36-27(22-11-7-13-24(29)18-22)23-12-8-15-33(20-23)28(35)32-25(19-30-2)17-21-9-5-4-6-10-21/h5,8-9,20-23,32,36H,3-4,6-7,10-19H2,1-2H3,(H,33,35);7,11,13,18,21,23,25,27,30H,3-6,8-10,12,14-17,19-20H2,1-2H3,(H,31,34)(H,32,35)/t20?,21-,22?,23+,28+;23?,25-,27-/m10/s1. The molecule has 17 heteroatoms. The first-order chi connectivity index (χ1) is 35.3. The monoisotopic (exact) mass is 1060 g/mol. The molecule has 0 radical (unpaired) electrons. The zero-order valence-electron chi connectivity index (χ0n) is 44.4. The number of halogens is 4. The predicted molar refractivity (Wildman–Crippen MR) is 288 cm³/mol. The summed E-state index contributed by atoms with van der Waals surface area (Å²) in [4.78, 5) is 42.0. The molecule has 13 nitrogen and oxygen atoms in total. The minimum absolute atomic E-state index is 0.0165. The van der Waals surface area contributed by atoms with Gasteiger partial charge >= 0.3 is 12.1 Å². The topological polar surface area (TPSA) is 157 Å². The Bertz CT molecular complexity index is 1950. The number of likely N-dealkylation sites (N-methyl/N-ethyl adjacent to an activating group) is 2. The van der Waals surface area contributed by atoms with Crippen LogP contribution in [0.4, 0.5) is 18.4 Å². The van der Waals surface area contributed by atoms with Gasteiger partial charge in [-0.25, -0.2) is 18.4 Å². The van der Waals surface area contributed by atoms with Crippen LogP contribution in [0.5, 0.6) is 0 Å². The third kappa shape index (κ3) is 19.6. The van der Waals surface area contributed by atoms with E-state index in [4.69, 9.17) is 32.7 Å². The van der Waals surface area contributed by atoms with Crippen LogP contribution in [-0.2, 0) is 19.9 Å². The number of carbonyl (C=O) groups is 3. The van der Waals surface area contributed by atoms with Crippen molar-refractivity contribution in [3.63, 3.8) is 0 Å². The molecule has 0 bridgehead atoms. The quantitative estimate of drug-likeness (QED) is 0.0568. The first-order valence-corrected chi connectivity index (χ1v) is 28.4. The van der Waals surface area contributed by atoms with Crippen molar-refractivity contribution in [1.29, 1.82) is 0 Å². The maximum absolute atomic E-state index is 15.1. The van der Waals surface area contributed by atoms with Crippen LogP contribution >= 0.6 is 23.2 Å². The number of piperidine rings is 2. The van der Waals surface area contributed by atoms with E-state index in [1.807, 2.05) is 50.2 Å². The van der Waals surface area contributed by atoms with Crippen molar-refractivity contribution < 1.29 is 37.7 Å². The molecule has 1 unspecified atom stereocenters. The summed E-state index contributed by atoms with van der Waals surface area (Å²) in [7, 11) is 5.44. The first kappa shape index (κ1) is 60.6. The van der Waals surface area contributed by atoms with Crippen LogP contribution in [0.1, 0.15) is 146 Å². The zero-order chi connectivity index (χ0) is 52.6. The molecule has 6 atom stereocenters. The van der Waals surface area contributed by atoms with Gasteiger partial charge in [-0.2, -0.15) is 0 Å². The van der Waals surface area contributed by atoms with Crippen molar-refractivity contribution in [2.24, 2.45) is 23.7 Å². The fraction of sp³-hybridized carbons (Fsp3) is 0.732. The number of aliphatic hydroxyl groups is 1. The number of alkyl halides is 1. The van der Waals surface area contributed by atoms with Gasteiger partial charge in [-0.3, -0.25) is 4.79 Å². The number of carbonyl (C=O) groups excluding carboxylic acids is 3. The largest absolute Gasteiger partial charge is 0.385 e. The lowest BCUT2D eigenvalue weighted by molar-refractivity contribution is -0.121. The van der Waals surface area contributed by atoms with E-state index in [0.717, 1.165) is 70.0 Å². The van der Waals surface area contributed by atoms with Crippen molar-refractivity contribution in [2.75, 3.05) is 80.2 Å². The summed E-state index contributed by atoms with van der Waals surface area (Å²) in [5.74, 6) is 0.360. The van der Waals surface area contributed by atoms with Gasteiger partial charge in [0.1, 0.15) is 12.0 Å². The lowest BCUT2D eigenvalue weighted by Gasteiger charge is -2.43. The van der Waals surface area contributed by atoms with Crippen LogP contribution in [0.25, 0.3) is 0 Å². The molecular formula is C56H89Cl2F2N7O6. The van der Waals surface area contributed by atoms with Crippen LogP contribution in [0, 0.1) is 29.5 Å². The van der Waals surface area contributed by atoms with E-state index in [0.29, 0.717) is 101 Å². The molecule has 5 amide bonds. The Morgan fingerprint density at radius 1 is 0.795 bits per heavy atom. The number of hydrogen-bond acceptors (Lipinski definition) is 8. The molecule has 6 N–H and O–H groups in total. The molecule has 412 valence electrons. The Labute approximate surface area is 445 Å². The molecule has 2 saturated heterocycles. The van der Waals surface area contributed by atoms with Crippen molar-refractivity contribution in [3.8, 4) is 0 Å². The maximum atomic E-state index is 15.1. The second-order valence-corrected chi connectivity index (χ2v) is 22.0. The third-order valence-corrected chi connectivity index (χ3v) is 16.2. The van der Waals surface area contributed by atoms with Crippen molar-refractivity contribution in [1.82, 2.24) is 36.4 Å². The molecular weight excluding hydrogens is 976 g/mol. The smallest absolute Gasteiger partial charge is 0.317 e. The van der Waals surface area contributed by atoms with Crippen LogP contribution in [0.15, 0.2) is 42.5 Å². The molecule has 73 heavy (non-hydrogen) atoms. The minimum Gasteiger partial charge on any atom is -0.385 e. The highest BCUT2D eigenvalue weighted by molar-refractivity contribution is 6.31. The average Bonchev–Trinajstić information content (AvgIpc) is 3.39. The first-order valence-electron chi connectivity index (χ1n) is 27.6. The van der Waals surface area contributed by atoms with Gasteiger partial charge in [0.25, 0.3) is 0 Å². The Kier molecular flexibility index (Phi) is 26.8. The highest BCUT2D eigenvalue weighted by atomic mass is 35.5. The van der Waals surface area contributed by atoms with Crippen molar-refractivity contribution >= 4 is 41.2 Å². The number of nitrogens with one attached hydrogen (secondary N) is 5. The number of benzene rings is 2. The van der Waals surface area contributed by atoms with Crippen molar-refractivity contribution in [2.45, 2.75) is 159 Å². The molecule has 6 rings (SSSR count). The molecule has 0 spiro atoms. The van der Waals surface area contributed by atoms with Gasteiger partial charge in [0, 0.05) is 100 Å². The summed E-state index contributed by atoms with van der Waals surface area (Å²) >= 11 is 12.4. The van der Waals surface area contributed by atoms with Crippen LogP contribution in [-0.4, -0.2) is 131 Å². The third-order valence-electron chi connectivity index (χ3n) is 15.6. The van der Waals surface area contributed by atoms with Gasteiger partial charge in [-0.15, -0.1) is 0 Å². The fourth-order valence-corrected chi connectivity index (χ4v) is 12.1. The average molecular weight is 1070 g/mol. The summed E-state index contributed by atoms with van der Waals surface area (Å²) < 4.78 is 40.2. The molecule has 0 aromatic heterocycles. The van der Waals surface area contributed by atoms with E-state index in [1.165, 1.54) is 38.2 Å². The second kappa shape index (κ2) is 32.3. The van der Waals surface area contributed by atoms with Crippen LogP contribution in [0.3, 0.4) is 0 Å². The van der Waals surface area contributed by atoms with E-state index < -0.39 is 17.6 Å². The number of unbranched alkanes of at least 4 members (excludes halogenated alkanes) is 1. The summed E-state index contributed by atoms with van der Waals surface area (Å²) in [6.45, 7) is 7.01. The van der Waals surface area contributed by atoms with Crippen molar-refractivity contribution in [3.05, 3.63) is 69.5 Å². The second-order valence-electron chi connectivity index (χ2n) is 21.2. The Balaban J connectivity index is 0.000000271.